The van der Waals surface area contributed by atoms with Crippen LogP contribution in [-0.4, -0.2) is 47.6 Å². The van der Waals surface area contributed by atoms with Gasteiger partial charge in [-0.15, -0.1) is 0 Å². The molecule has 2 aromatic carbocycles. The van der Waals surface area contributed by atoms with E-state index < -0.39 is 26.7 Å². The zero-order chi connectivity index (χ0) is 21.3. The molecule has 1 atom stereocenters. The van der Waals surface area contributed by atoms with Crippen molar-refractivity contribution in [2.75, 3.05) is 13.1 Å². The Kier molecular flexibility index (Phi) is 5.57. The number of fused-ring (bicyclic) bond motifs is 1. The Morgan fingerprint density at radius 1 is 1.00 bits per heavy atom. The van der Waals surface area contributed by atoms with Gasteiger partial charge in [0.2, 0.25) is 5.91 Å². The van der Waals surface area contributed by atoms with Crippen LogP contribution in [0.1, 0.15) is 30.4 Å². The second-order valence-corrected chi connectivity index (χ2v) is 9.49. The molecule has 9 heteroatoms. The summed E-state index contributed by atoms with van der Waals surface area (Å²) in [5.41, 5.74) is 1.80. The van der Waals surface area contributed by atoms with E-state index in [2.05, 4.69) is 0 Å². The molecule has 8 nitrogen and oxygen atoms in total. The van der Waals surface area contributed by atoms with E-state index >= 15 is 0 Å². The number of hydrogen-bond donors (Lipinski definition) is 0. The van der Waals surface area contributed by atoms with Gasteiger partial charge in [0.25, 0.3) is 15.7 Å². The van der Waals surface area contributed by atoms with Crippen LogP contribution in [0.2, 0.25) is 0 Å². The fourth-order valence-corrected chi connectivity index (χ4v) is 6.10. The Balaban J connectivity index is 1.64. The molecule has 0 aromatic heterocycles. The summed E-state index contributed by atoms with van der Waals surface area (Å²) in [6.45, 7) is 1.16. The number of nitrogens with zero attached hydrogens (tertiary/aromatic N) is 3. The fourth-order valence-electron chi connectivity index (χ4n) is 4.29. The van der Waals surface area contributed by atoms with E-state index in [1.165, 1.54) is 34.1 Å². The van der Waals surface area contributed by atoms with Crippen LogP contribution < -0.4 is 0 Å². The van der Waals surface area contributed by atoms with Gasteiger partial charge in [0, 0.05) is 25.7 Å². The Bertz CT molecular complexity index is 1090. The van der Waals surface area contributed by atoms with Crippen molar-refractivity contribution in [2.24, 2.45) is 0 Å². The standard InChI is InChI=1S/C21H23N3O5S/c25-21(22-14-12-16-7-1-2-8-17(16)15-22)19-10-5-6-13-23(19)30(28,29)20-11-4-3-9-18(20)24(26)27/h1-4,7-9,11,19H,5-6,10,12-15H2. The van der Waals surface area contributed by atoms with E-state index in [-0.39, 0.29) is 17.3 Å². The van der Waals surface area contributed by atoms with Crippen LogP contribution in [0.15, 0.2) is 53.4 Å². The molecule has 2 aliphatic rings. The molecule has 1 fully saturated rings. The lowest BCUT2D eigenvalue weighted by Gasteiger charge is -2.38. The Hall–Kier alpha value is -2.78. The molecule has 0 radical (unpaired) electrons. The molecule has 30 heavy (non-hydrogen) atoms. The lowest BCUT2D eigenvalue weighted by atomic mass is 9.98. The topological polar surface area (TPSA) is 101 Å². The summed E-state index contributed by atoms with van der Waals surface area (Å²) >= 11 is 0. The van der Waals surface area contributed by atoms with Gasteiger partial charge in [0.15, 0.2) is 4.90 Å². The van der Waals surface area contributed by atoms with Crippen LogP contribution in [0.5, 0.6) is 0 Å². The van der Waals surface area contributed by atoms with E-state index in [4.69, 9.17) is 0 Å². The summed E-state index contributed by atoms with van der Waals surface area (Å²) in [5.74, 6) is -0.230. The molecule has 0 aliphatic carbocycles. The van der Waals surface area contributed by atoms with E-state index in [0.717, 1.165) is 18.4 Å². The summed E-state index contributed by atoms with van der Waals surface area (Å²) in [5, 5.41) is 11.4. The third kappa shape index (κ3) is 3.70. The molecule has 4 rings (SSSR count). The summed E-state index contributed by atoms with van der Waals surface area (Å²) in [7, 11) is -4.19. The number of benzene rings is 2. The maximum Gasteiger partial charge on any atom is 0.289 e. The van der Waals surface area contributed by atoms with Crippen molar-refractivity contribution in [3.05, 3.63) is 69.8 Å². The number of carbonyl (C=O) groups is 1. The highest BCUT2D eigenvalue weighted by atomic mass is 32.2. The monoisotopic (exact) mass is 429 g/mol. The summed E-state index contributed by atoms with van der Waals surface area (Å²) < 4.78 is 27.9. The number of sulfonamides is 1. The Labute approximate surface area is 175 Å². The lowest BCUT2D eigenvalue weighted by molar-refractivity contribution is -0.387. The van der Waals surface area contributed by atoms with E-state index in [1.54, 1.807) is 4.90 Å². The second kappa shape index (κ2) is 8.16. The molecule has 2 heterocycles. The number of hydrogen-bond acceptors (Lipinski definition) is 5. The first-order valence-corrected chi connectivity index (χ1v) is 11.4. The van der Waals surface area contributed by atoms with E-state index in [9.17, 15) is 23.3 Å². The van der Waals surface area contributed by atoms with Crippen molar-refractivity contribution in [2.45, 2.75) is 43.2 Å². The van der Waals surface area contributed by atoms with Gasteiger partial charge in [-0.2, -0.15) is 4.31 Å². The average molecular weight is 429 g/mol. The molecule has 2 aromatic rings. The van der Waals surface area contributed by atoms with Crippen molar-refractivity contribution in [1.82, 2.24) is 9.21 Å². The number of amides is 1. The third-order valence-electron chi connectivity index (χ3n) is 5.83. The molecule has 158 valence electrons. The minimum Gasteiger partial charge on any atom is -0.337 e. The predicted octanol–water partition coefficient (Wildman–Crippen LogP) is 2.72. The molecule has 0 saturated carbocycles. The van der Waals surface area contributed by atoms with Gasteiger partial charge in [0.05, 0.1) is 4.92 Å². The van der Waals surface area contributed by atoms with Crippen LogP contribution in [-0.2, 0) is 27.8 Å². The highest BCUT2D eigenvalue weighted by Gasteiger charge is 2.42. The minimum atomic E-state index is -4.19. The molecule has 1 saturated heterocycles. The molecule has 2 aliphatic heterocycles. The van der Waals surface area contributed by atoms with Crippen molar-refractivity contribution < 1.29 is 18.1 Å². The molecule has 1 amide bonds. The maximum atomic E-state index is 13.4. The van der Waals surface area contributed by atoms with Crippen LogP contribution in [0.25, 0.3) is 0 Å². The zero-order valence-corrected chi connectivity index (χ0v) is 17.3. The molecule has 0 spiro atoms. The molecule has 0 bridgehead atoms. The molecular formula is C21H23N3O5S. The van der Waals surface area contributed by atoms with Crippen molar-refractivity contribution in [3.63, 3.8) is 0 Å². The maximum absolute atomic E-state index is 13.4. The highest BCUT2D eigenvalue weighted by molar-refractivity contribution is 7.89. The smallest absolute Gasteiger partial charge is 0.289 e. The number of nitro groups is 1. The zero-order valence-electron chi connectivity index (χ0n) is 16.4. The van der Waals surface area contributed by atoms with Crippen molar-refractivity contribution in [3.8, 4) is 0 Å². The second-order valence-electron chi connectivity index (χ2n) is 7.63. The summed E-state index contributed by atoms with van der Waals surface area (Å²) in [4.78, 5) is 25.4. The van der Waals surface area contributed by atoms with Gasteiger partial charge in [-0.3, -0.25) is 14.9 Å². The van der Waals surface area contributed by atoms with Crippen LogP contribution in [0, 0.1) is 10.1 Å². The first-order valence-electron chi connectivity index (χ1n) is 10.0. The Morgan fingerprint density at radius 3 is 2.47 bits per heavy atom. The van der Waals surface area contributed by atoms with Crippen molar-refractivity contribution >= 4 is 21.6 Å². The summed E-state index contributed by atoms with van der Waals surface area (Å²) in [6, 6.07) is 12.4. The number of rotatable bonds is 4. The predicted molar refractivity (Wildman–Crippen MR) is 110 cm³/mol. The number of carbonyl (C=O) groups excluding carboxylic acids is 1. The lowest BCUT2D eigenvalue weighted by Crippen LogP contribution is -2.53. The number of para-hydroxylation sites is 1. The van der Waals surface area contributed by atoms with Gasteiger partial charge in [0.1, 0.15) is 6.04 Å². The number of nitro benzene ring substituents is 1. The SMILES string of the molecule is O=C(C1CCCCN1S(=O)(=O)c1ccccc1[N+](=O)[O-])N1CCc2ccccc2C1. The Morgan fingerprint density at radius 2 is 1.70 bits per heavy atom. The van der Waals surface area contributed by atoms with Gasteiger partial charge < -0.3 is 4.90 Å². The van der Waals surface area contributed by atoms with E-state index in [0.29, 0.717) is 25.9 Å². The number of piperidine rings is 1. The van der Waals surface area contributed by atoms with Gasteiger partial charge >= 0.3 is 0 Å². The third-order valence-corrected chi connectivity index (χ3v) is 7.79. The molecular weight excluding hydrogens is 406 g/mol. The normalized spacial score (nSPS) is 19.9. The van der Waals surface area contributed by atoms with Crippen LogP contribution in [0.3, 0.4) is 0 Å². The van der Waals surface area contributed by atoms with Crippen LogP contribution in [0.4, 0.5) is 5.69 Å². The molecule has 1 unspecified atom stereocenters. The first kappa shape index (κ1) is 20.5. The first-order chi connectivity index (χ1) is 14.4. The van der Waals surface area contributed by atoms with Gasteiger partial charge in [-0.1, -0.05) is 42.8 Å². The van der Waals surface area contributed by atoms with Gasteiger partial charge in [-0.25, -0.2) is 8.42 Å². The van der Waals surface area contributed by atoms with E-state index in [1.807, 2.05) is 24.3 Å². The largest absolute Gasteiger partial charge is 0.337 e. The minimum absolute atomic E-state index is 0.176. The van der Waals surface area contributed by atoms with Crippen LogP contribution >= 0.6 is 0 Å². The highest BCUT2D eigenvalue weighted by Crippen LogP contribution is 2.32. The molecule has 0 N–H and O–H groups in total. The van der Waals surface area contributed by atoms with Crippen molar-refractivity contribution in [1.29, 1.82) is 0 Å². The summed E-state index contributed by atoms with van der Waals surface area (Å²) in [6.07, 6.45) is 2.50. The average Bonchev–Trinajstić information content (AvgIpc) is 2.78. The fraction of sp³-hybridized carbons (Fsp3) is 0.381. The van der Waals surface area contributed by atoms with Gasteiger partial charge in [-0.05, 0) is 36.5 Å². The quantitative estimate of drug-likeness (QED) is 0.549.